The van der Waals surface area contributed by atoms with Crippen LogP contribution in [0.2, 0.25) is 0 Å². The van der Waals surface area contributed by atoms with E-state index in [2.05, 4.69) is 12.2 Å². The molecule has 0 aromatic carbocycles. The maximum atomic E-state index is 11.5. The molecular weight excluding hydrogens is 220 g/mol. The Balaban J connectivity index is 2.14. The molecule has 17 heavy (non-hydrogen) atoms. The van der Waals surface area contributed by atoms with Crippen molar-refractivity contribution < 1.29 is 14.3 Å². The molecule has 1 atom stereocenters. The predicted molar refractivity (Wildman–Crippen MR) is 64.6 cm³/mol. The Bertz CT molecular complexity index is 268. The van der Waals surface area contributed by atoms with Crippen molar-refractivity contribution in [3.05, 3.63) is 0 Å². The number of hydrogen-bond acceptors (Lipinski definition) is 3. The summed E-state index contributed by atoms with van der Waals surface area (Å²) >= 11 is 0. The smallest absolute Gasteiger partial charge is 0.324 e. The summed E-state index contributed by atoms with van der Waals surface area (Å²) in [5.74, 6) is -0.292. The highest BCUT2D eigenvalue weighted by atomic mass is 16.5. The minimum absolute atomic E-state index is 0.117. The van der Waals surface area contributed by atoms with E-state index in [1.807, 2.05) is 6.92 Å². The molecule has 5 nitrogen and oxygen atoms in total. The first-order chi connectivity index (χ1) is 8.15. The Morgan fingerprint density at radius 1 is 1.35 bits per heavy atom. The fourth-order valence-corrected chi connectivity index (χ4v) is 1.70. The van der Waals surface area contributed by atoms with E-state index in [0.717, 1.165) is 25.9 Å². The zero-order valence-corrected chi connectivity index (χ0v) is 10.7. The van der Waals surface area contributed by atoms with Gasteiger partial charge in [-0.3, -0.25) is 10.1 Å². The molecule has 1 aliphatic rings. The van der Waals surface area contributed by atoms with Gasteiger partial charge in [0.15, 0.2) is 0 Å². The Hall–Kier alpha value is -1.10. The van der Waals surface area contributed by atoms with E-state index >= 15 is 0 Å². The largest absolute Gasteiger partial charge is 0.381 e. The van der Waals surface area contributed by atoms with E-state index in [9.17, 15) is 9.59 Å². The zero-order chi connectivity index (χ0) is 12.7. The van der Waals surface area contributed by atoms with Gasteiger partial charge >= 0.3 is 6.03 Å². The summed E-state index contributed by atoms with van der Waals surface area (Å²) in [6.45, 7) is 6.57. The molecule has 0 spiro atoms. The van der Waals surface area contributed by atoms with Crippen molar-refractivity contribution in [2.75, 3.05) is 26.3 Å². The van der Waals surface area contributed by atoms with Crippen molar-refractivity contribution >= 4 is 11.9 Å². The van der Waals surface area contributed by atoms with Crippen LogP contribution < -0.4 is 5.32 Å². The van der Waals surface area contributed by atoms with Crippen LogP contribution in [0.5, 0.6) is 0 Å². The molecule has 1 heterocycles. The molecule has 1 aliphatic heterocycles. The van der Waals surface area contributed by atoms with Crippen molar-refractivity contribution in [2.24, 2.45) is 5.92 Å². The van der Waals surface area contributed by atoms with Gasteiger partial charge in [-0.05, 0) is 12.8 Å². The molecule has 98 valence electrons. The molecular formula is C12H22N2O3. The molecule has 0 aromatic rings. The topological polar surface area (TPSA) is 58.6 Å². The van der Waals surface area contributed by atoms with Crippen molar-refractivity contribution in [3.63, 3.8) is 0 Å². The van der Waals surface area contributed by atoms with Crippen LogP contribution in [0.3, 0.4) is 0 Å². The minimum atomic E-state index is -0.276. The van der Waals surface area contributed by atoms with E-state index in [-0.39, 0.29) is 17.9 Å². The summed E-state index contributed by atoms with van der Waals surface area (Å²) in [7, 11) is 0. The summed E-state index contributed by atoms with van der Waals surface area (Å²) in [4.78, 5) is 24.4. The van der Waals surface area contributed by atoms with Crippen LogP contribution in [-0.4, -0.2) is 43.1 Å². The van der Waals surface area contributed by atoms with E-state index < -0.39 is 0 Å². The number of carbonyl (C=O) groups excluding carboxylic acids is 2. The maximum absolute atomic E-state index is 11.5. The van der Waals surface area contributed by atoms with Gasteiger partial charge in [-0.1, -0.05) is 20.3 Å². The van der Waals surface area contributed by atoms with Gasteiger partial charge in [0.05, 0.1) is 5.92 Å². The van der Waals surface area contributed by atoms with E-state index in [1.165, 1.54) is 0 Å². The highest BCUT2D eigenvalue weighted by molar-refractivity contribution is 5.97. The molecule has 0 bridgehead atoms. The molecule has 1 rings (SSSR count). The highest BCUT2D eigenvalue weighted by Gasteiger charge is 2.28. The highest BCUT2D eigenvalue weighted by Crippen LogP contribution is 2.07. The molecule has 5 heteroatoms. The molecule has 1 N–H and O–H groups in total. The van der Waals surface area contributed by atoms with Crippen molar-refractivity contribution in [1.82, 2.24) is 10.2 Å². The molecule has 0 radical (unpaired) electrons. The van der Waals surface area contributed by atoms with Crippen molar-refractivity contribution in [3.8, 4) is 0 Å². The monoisotopic (exact) mass is 242 g/mol. The molecule has 3 amide bonds. The van der Waals surface area contributed by atoms with Crippen LogP contribution in [0.4, 0.5) is 4.79 Å². The number of carbonyl (C=O) groups is 2. The van der Waals surface area contributed by atoms with E-state index in [4.69, 9.17) is 4.74 Å². The van der Waals surface area contributed by atoms with Crippen molar-refractivity contribution in [2.45, 2.75) is 33.1 Å². The summed E-state index contributed by atoms with van der Waals surface area (Å²) < 4.78 is 5.42. The maximum Gasteiger partial charge on any atom is 0.324 e. The van der Waals surface area contributed by atoms with Crippen LogP contribution in [0.25, 0.3) is 0 Å². The Labute approximate surface area is 102 Å². The lowest BCUT2D eigenvalue weighted by atomic mass is 10.1. The van der Waals surface area contributed by atoms with Gasteiger partial charge in [-0.2, -0.15) is 0 Å². The Morgan fingerprint density at radius 3 is 2.76 bits per heavy atom. The van der Waals surface area contributed by atoms with Gasteiger partial charge in [0.25, 0.3) is 0 Å². The summed E-state index contributed by atoms with van der Waals surface area (Å²) in [5, 5.41) is 2.35. The number of hydrogen-bond donors (Lipinski definition) is 1. The van der Waals surface area contributed by atoms with Crippen LogP contribution >= 0.6 is 0 Å². The van der Waals surface area contributed by atoms with Gasteiger partial charge in [-0.25, -0.2) is 4.79 Å². The van der Waals surface area contributed by atoms with Crippen LogP contribution in [-0.2, 0) is 9.53 Å². The van der Waals surface area contributed by atoms with Crippen LogP contribution in [0.15, 0.2) is 0 Å². The third-order valence-electron chi connectivity index (χ3n) is 2.82. The third kappa shape index (κ3) is 4.73. The van der Waals surface area contributed by atoms with Gasteiger partial charge in [-0.15, -0.1) is 0 Å². The fourth-order valence-electron chi connectivity index (χ4n) is 1.70. The predicted octanol–water partition coefficient (Wildman–Crippen LogP) is 1.38. The number of ether oxygens (including phenoxy) is 1. The van der Waals surface area contributed by atoms with E-state index in [1.54, 1.807) is 4.90 Å². The Kier molecular flexibility index (Phi) is 5.97. The number of imide groups is 1. The number of urea groups is 1. The van der Waals surface area contributed by atoms with Gasteiger partial charge < -0.3 is 9.64 Å². The summed E-state index contributed by atoms with van der Waals surface area (Å²) in [5.41, 5.74) is 0. The SMILES string of the molecule is CCCCOCCCN1CC(C)C(=O)NC1=O. The third-order valence-corrected chi connectivity index (χ3v) is 2.82. The molecule has 1 saturated heterocycles. The zero-order valence-electron chi connectivity index (χ0n) is 10.7. The second-order valence-electron chi connectivity index (χ2n) is 4.46. The second-order valence-corrected chi connectivity index (χ2v) is 4.46. The number of amides is 3. The molecule has 0 aliphatic carbocycles. The molecule has 0 aromatic heterocycles. The first-order valence-electron chi connectivity index (χ1n) is 6.32. The number of unbranched alkanes of at least 4 members (excludes halogenated alkanes) is 1. The first-order valence-corrected chi connectivity index (χ1v) is 6.32. The first kappa shape index (κ1) is 14.0. The quantitative estimate of drug-likeness (QED) is 0.686. The number of nitrogens with zero attached hydrogens (tertiary/aromatic N) is 1. The molecule has 1 unspecified atom stereocenters. The normalized spacial score (nSPS) is 20.6. The average molecular weight is 242 g/mol. The van der Waals surface area contributed by atoms with E-state index in [0.29, 0.717) is 19.7 Å². The molecule has 0 saturated carbocycles. The van der Waals surface area contributed by atoms with Crippen LogP contribution in [0, 0.1) is 5.92 Å². The Morgan fingerprint density at radius 2 is 2.06 bits per heavy atom. The fraction of sp³-hybridized carbons (Fsp3) is 0.833. The standard InChI is InChI=1S/C12H22N2O3/c1-3-4-7-17-8-5-6-14-9-10(2)11(15)13-12(14)16/h10H,3-9H2,1-2H3,(H,13,15,16). The summed E-state index contributed by atoms with van der Waals surface area (Å²) in [6, 6.07) is -0.276. The second kappa shape index (κ2) is 7.27. The lowest BCUT2D eigenvalue weighted by Crippen LogP contribution is -2.53. The lowest BCUT2D eigenvalue weighted by Gasteiger charge is -2.30. The van der Waals surface area contributed by atoms with Gasteiger partial charge in [0.2, 0.25) is 5.91 Å². The summed E-state index contributed by atoms with van der Waals surface area (Å²) in [6.07, 6.45) is 3.03. The molecule has 1 fully saturated rings. The van der Waals surface area contributed by atoms with Crippen LogP contribution in [0.1, 0.15) is 33.1 Å². The average Bonchev–Trinajstić information content (AvgIpc) is 2.30. The minimum Gasteiger partial charge on any atom is -0.381 e. The van der Waals surface area contributed by atoms with Gasteiger partial charge in [0.1, 0.15) is 0 Å². The van der Waals surface area contributed by atoms with Crippen molar-refractivity contribution in [1.29, 1.82) is 0 Å². The van der Waals surface area contributed by atoms with Gasteiger partial charge in [0, 0.05) is 26.3 Å². The number of nitrogens with one attached hydrogen (secondary N) is 1. The lowest BCUT2D eigenvalue weighted by molar-refractivity contribution is -0.125. The number of rotatable bonds is 7.